The van der Waals surface area contributed by atoms with Gasteiger partial charge in [-0.05, 0) is 24.6 Å². The van der Waals surface area contributed by atoms with Crippen LogP contribution in [0.15, 0.2) is 54.6 Å². The molecule has 0 fully saturated rings. The van der Waals surface area contributed by atoms with Crippen molar-refractivity contribution in [2.24, 2.45) is 0 Å². The summed E-state index contributed by atoms with van der Waals surface area (Å²) in [5, 5.41) is 5.85. The minimum Gasteiger partial charge on any atom is -0.325 e. The minimum atomic E-state index is -0.133. The summed E-state index contributed by atoms with van der Waals surface area (Å²) in [6, 6.07) is 16.8. The van der Waals surface area contributed by atoms with E-state index < -0.39 is 0 Å². The molecule has 0 heterocycles. The number of nitrogens with one attached hydrogen (secondary N) is 2. The molecule has 2 aromatic rings. The van der Waals surface area contributed by atoms with Gasteiger partial charge in [0, 0.05) is 17.8 Å². The van der Waals surface area contributed by atoms with Gasteiger partial charge in [0.05, 0.1) is 6.54 Å². The first-order valence-corrected chi connectivity index (χ1v) is 6.80. The Balaban J connectivity index is 1.82. The SMILES string of the molecule is CC(=O)c1cccc(NC(=O)CNCc2ccccc2)c1. The molecule has 0 radical (unpaired) electrons. The molecule has 0 atom stereocenters. The molecule has 0 aromatic heterocycles. The van der Waals surface area contributed by atoms with E-state index in [1.807, 2.05) is 30.3 Å². The first kappa shape index (κ1) is 14.9. The molecule has 2 N–H and O–H groups in total. The minimum absolute atomic E-state index is 0.0201. The summed E-state index contributed by atoms with van der Waals surface area (Å²) in [7, 11) is 0. The van der Waals surface area contributed by atoms with E-state index in [1.54, 1.807) is 24.3 Å². The highest BCUT2D eigenvalue weighted by atomic mass is 16.2. The number of ketones is 1. The smallest absolute Gasteiger partial charge is 0.238 e. The fourth-order valence-electron chi connectivity index (χ4n) is 1.94. The summed E-state index contributed by atoms with van der Waals surface area (Å²) in [5.74, 6) is -0.153. The Kier molecular flexibility index (Phi) is 5.23. The van der Waals surface area contributed by atoms with Gasteiger partial charge in [-0.3, -0.25) is 9.59 Å². The van der Waals surface area contributed by atoms with Gasteiger partial charge in [0.2, 0.25) is 5.91 Å². The third kappa shape index (κ3) is 4.85. The van der Waals surface area contributed by atoms with E-state index in [1.165, 1.54) is 6.92 Å². The van der Waals surface area contributed by atoms with Gasteiger partial charge < -0.3 is 10.6 Å². The maximum absolute atomic E-state index is 11.8. The number of rotatable bonds is 6. The Hall–Kier alpha value is -2.46. The normalized spacial score (nSPS) is 10.1. The highest BCUT2D eigenvalue weighted by Crippen LogP contribution is 2.10. The van der Waals surface area contributed by atoms with E-state index in [0.29, 0.717) is 17.8 Å². The number of hydrogen-bond acceptors (Lipinski definition) is 3. The predicted octanol–water partition coefficient (Wildman–Crippen LogP) is 2.62. The van der Waals surface area contributed by atoms with Crippen LogP contribution in [0.5, 0.6) is 0 Å². The lowest BCUT2D eigenvalue weighted by atomic mass is 10.1. The zero-order valence-electron chi connectivity index (χ0n) is 11.9. The average Bonchev–Trinajstić information content (AvgIpc) is 2.48. The Morgan fingerprint density at radius 3 is 2.48 bits per heavy atom. The van der Waals surface area contributed by atoms with Crippen LogP contribution >= 0.6 is 0 Å². The summed E-state index contributed by atoms with van der Waals surface area (Å²) >= 11 is 0. The molecule has 4 heteroatoms. The van der Waals surface area contributed by atoms with Crippen molar-refractivity contribution in [2.75, 3.05) is 11.9 Å². The van der Waals surface area contributed by atoms with E-state index in [2.05, 4.69) is 10.6 Å². The molecular weight excluding hydrogens is 264 g/mol. The van der Waals surface area contributed by atoms with Crippen LogP contribution < -0.4 is 10.6 Å². The van der Waals surface area contributed by atoms with E-state index in [0.717, 1.165) is 5.56 Å². The van der Waals surface area contributed by atoms with Gasteiger partial charge in [0.1, 0.15) is 0 Å². The molecule has 108 valence electrons. The zero-order valence-corrected chi connectivity index (χ0v) is 11.9. The molecule has 0 aliphatic heterocycles. The Morgan fingerprint density at radius 2 is 1.76 bits per heavy atom. The van der Waals surface area contributed by atoms with Crippen molar-refractivity contribution >= 4 is 17.4 Å². The number of Topliss-reactive ketones (excluding diaryl/α,β-unsaturated/α-hetero) is 1. The third-order valence-corrected chi connectivity index (χ3v) is 3.01. The van der Waals surface area contributed by atoms with Crippen molar-refractivity contribution in [1.29, 1.82) is 0 Å². The van der Waals surface area contributed by atoms with E-state index in [-0.39, 0.29) is 18.2 Å². The van der Waals surface area contributed by atoms with Crippen molar-refractivity contribution in [2.45, 2.75) is 13.5 Å². The lowest BCUT2D eigenvalue weighted by Crippen LogP contribution is -2.27. The number of hydrogen-bond donors (Lipinski definition) is 2. The van der Waals surface area contributed by atoms with Crippen molar-refractivity contribution in [3.63, 3.8) is 0 Å². The molecule has 2 rings (SSSR count). The van der Waals surface area contributed by atoms with Crippen LogP contribution in [0.2, 0.25) is 0 Å². The first-order valence-electron chi connectivity index (χ1n) is 6.80. The second kappa shape index (κ2) is 7.36. The highest BCUT2D eigenvalue weighted by molar-refractivity contribution is 5.97. The maximum atomic E-state index is 11.8. The summed E-state index contributed by atoms with van der Waals surface area (Å²) in [6.45, 7) is 2.36. The fraction of sp³-hybridized carbons (Fsp3) is 0.176. The van der Waals surface area contributed by atoms with Crippen molar-refractivity contribution in [3.8, 4) is 0 Å². The largest absolute Gasteiger partial charge is 0.325 e. The standard InChI is InChI=1S/C17H18N2O2/c1-13(20)15-8-5-9-16(10-15)19-17(21)12-18-11-14-6-3-2-4-7-14/h2-10,18H,11-12H2,1H3,(H,19,21). The molecule has 0 aliphatic carbocycles. The Morgan fingerprint density at radius 1 is 1.00 bits per heavy atom. The third-order valence-electron chi connectivity index (χ3n) is 3.01. The maximum Gasteiger partial charge on any atom is 0.238 e. The molecule has 1 amide bonds. The molecule has 0 spiro atoms. The van der Waals surface area contributed by atoms with Gasteiger partial charge in [0.25, 0.3) is 0 Å². The van der Waals surface area contributed by atoms with Crippen molar-refractivity contribution in [3.05, 3.63) is 65.7 Å². The van der Waals surface area contributed by atoms with Crippen LogP contribution in [0.4, 0.5) is 5.69 Å². The molecule has 0 saturated carbocycles. The number of benzene rings is 2. The number of carbonyl (C=O) groups excluding carboxylic acids is 2. The second-order valence-corrected chi connectivity index (χ2v) is 4.77. The molecule has 0 aliphatic rings. The molecule has 21 heavy (non-hydrogen) atoms. The monoisotopic (exact) mass is 282 g/mol. The topological polar surface area (TPSA) is 58.2 Å². The van der Waals surface area contributed by atoms with E-state index in [9.17, 15) is 9.59 Å². The lowest BCUT2D eigenvalue weighted by molar-refractivity contribution is -0.115. The summed E-state index contributed by atoms with van der Waals surface area (Å²) in [4.78, 5) is 23.1. The van der Waals surface area contributed by atoms with Gasteiger partial charge in [-0.25, -0.2) is 0 Å². The lowest BCUT2D eigenvalue weighted by Gasteiger charge is -2.07. The van der Waals surface area contributed by atoms with Gasteiger partial charge in [-0.1, -0.05) is 42.5 Å². The molecule has 0 unspecified atom stereocenters. The van der Waals surface area contributed by atoms with Gasteiger partial charge in [-0.2, -0.15) is 0 Å². The predicted molar refractivity (Wildman–Crippen MR) is 83.2 cm³/mol. The molecule has 0 bridgehead atoms. The average molecular weight is 282 g/mol. The highest BCUT2D eigenvalue weighted by Gasteiger charge is 2.04. The van der Waals surface area contributed by atoms with Crippen LogP contribution in [-0.2, 0) is 11.3 Å². The Labute approximate surface area is 124 Å². The van der Waals surface area contributed by atoms with Gasteiger partial charge >= 0.3 is 0 Å². The Bertz CT molecular complexity index is 624. The van der Waals surface area contributed by atoms with Crippen molar-refractivity contribution in [1.82, 2.24) is 5.32 Å². The van der Waals surface area contributed by atoms with E-state index >= 15 is 0 Å². The van der Waals surface area contributed by atoms with Crippen LogP contribution in [0.3, 0.4) is 0 Å². The van der Waals surface area contributed by atoms with E-state index in [4.69, 9.17) is 0 Å². The number of carbonyl (C=O) groups is 2. The fourth-order valence-corrected chi connectivity index (χ4v) is 1.94. The van der Waals surface area contributed by atoms with Crippen LogP contribution in [-0.4, -0.2) is 18.2 Å². The van der Waals surface area contributed by atoms with Crippen LogP contribution in [0.25, 0.3) is 0 Å². The van der Waals surface area contributed by atoms with Crippen LogP contribution in [0, 0.1) is 0 Å². The van der Waals surface area contributed by atoms with Gasteiger partial charge in [0.15, 0.2) is 5.78 Å². The van der Waals surface area contributed by atoms with Crippen molar-refractivity contribution < 1.29 is 9.59 Å². The van der Waals surface area contributed by atoms with Gasteiger partial charge in [-0.15, -0.1) is 0 Å². The molecule has 0 saturated heterocycles. The summed E-state index contributed by atoms with van der Waals surface area (Å²) in [6.07, 6.45) is 0. The quantitative estimate of drug-likeness (QED) is 0.801. The number of amides is 1. The number of anilines is 1. The summed E-state index contributed by atoms with van der Waals surface area (Å²) < 4.78 is 0. The summed E-state index contributed by atoms with van der Waals surface area (Å²) in [5.41, 5.74) is 2.35. The zero-order chi connectivity index (χ0) is 15.1. The first-order chi connectivity index (χ1) is 10.1. The second-order valence-electron chi connectivity index (χ2n) is 4.77. The van der Waals surface area contributed by atoms with Crippen LogP contribution in [0.1, 0.15) is 22.8 Å². The molecular formula is C17H18N2O2. The molecule has 4 nitrogen and oxygen atoms in total. The molecule has 2 aromatic carbocycles.